The Hall–Kier alpha value is -3.59. The van der Waals surface area contributed by atoms with Crippen molar-refractivity contribution in [1.29, 1.82) is 0 Å². The summed E-state index contributed by atoms with van der Waals surface area (Å²) in [5, 5.41) is 13.7. The van der Waals surface area contributed by atoms with Gasteiger partial charge in [-0.2, -0.15) is 0 Å². The lowest BCUT2D eigenvalue weighted by Crippen LogP contribution is -2.21. The number of methoxy groups -OCH3 is 1. The molecular weight excluding hydrogens is 326 g/mol. The topological polar surface area (TPSA) is 146 Å². The van der Waals surface area contributed by atoms with E-state index >= 15 is 0 Å². The van der Waals surface area contributed by atoms with Gasteiger partial charge in [-0.05, 0) is 36.4 Å². The Morgan fingerprint density at radius 3 is 2.36 bits per heavy atom. The lowest BCUT2D eigenvalue weighted by molar-refractivity contribution is -0.383. The Labute approximate surface area is 143 Å². The van der Waals surface area contributed by atoms with Crippen molar-refractivity contribution in [3.63, 3.8) is 0 Å². The number of carbonyl (C=O) groups excluding carboxylic acids is 1. The third-order valence-electron chi connectivity index (χ3n) is 3.43. The Kier molecular flexibility index (Phi) is 5.54. The summed E-state index contributed by atoms with van der Waals surface area (Å²) < 4.78 is 5.03. The molecule has 2 aromatic carbocycles. The van der Waals surface area contributed by atoms with Crippen LogP contribution in [0.1, 0.15) is 15.9 Å². The Bertz CT molecular complexity index is 818. The molecule has 0 bridgehead atoms. The third kappa shape index (κ3) is 4.03. The predicted molar refractivity (Wildman–Crippen MR) is 93.5 cm³/mol. The molecule has 9 nitrogen and oxygen atoms in total. The number of nitro benzene ring substituents is 1. The highest BCUT2D eigenvalue weighted by Gasteiger charge is 2.18. The van der Waals surface area contributed by atoms with Gasteiger partial charge in [0.25, 0.3) is 11.6 Å². The number of anilines is 1. The fourth-order valence-corrected chi connectivity index (χ4v) is 2.13. The highest BCUT2D eigenvalue weighted by molar-refractivity contribution is 6.05. The Balaban J connectivity index is 2.36. The number of hydrogen-bond donors (Lipinski definition) is 4. The summed E-state index contributed by atoms with van der Waals surface area (Å²) >= 11 is 0. The zero-order valence-corrected chi connectivity index (χ0v) is 13.4. The fourth-order valence-electron chi connectivity index (χ4n) is 2.13. The van der Waals surface area contributed by atoms with E-state index in [4.69, 9.17) is 16.3 Å². The molecule has 0 saturated heterocycles. The number of nitro groups is 1. The predicted octanol–water partition coefficient (Wildman–Crippen LogP) is 1.58. The van der Waals surface area contributed by atoms with E-state index in [9.17, 15) is 14.9 Å². The molecular formula is C16H17N5O4. The molecule has 0 aliphatic carbocycles. The summed E-state index contributed by atoms with van der Waals surface area (Å²) in [4.78, 5) is 23.0. The van der Waals surface area contributed by atoms with Gasteiger partial charge in [0.1, 0.15) is 11.4 Å². The molecule has 2 rings (SSSR count). The number of rotatable bonds is 6. The largest absolute Gasteiger partial charge is 0.497 e. The minimum Gasteiger partial charge on any atom is -0.497 e. The maximum atomic E-state index is 12.4. The quantitative estimate of drug-likeness (QED) is 0.354. The van der Waals surface area contributed by atoms with Crippen LogP contribution in [-0.4, -0.2) is 17.9 Å². The van der Waals surface area contributed by atoms with Crippen LogP contribution in [0, 0.1) is 10.1 Å². The van der Waals surface area contributed by atoms with Gasteiger partial charge >= 0.3 is 0 Å². The molecule has 9 heteroatoms. The molecule has 130 valence electrons. The summed E-state index contributed by atoms with van der Waals surface area (Å²) in [7, 11) is 1.51. The van der Waals surface area contributed by atoms with Crippen molar-refractivity contribution in [3.05, 3.63) is 69.9 Å². The smallest absolute Gasteiger partial charge is 0.292 e. The SMILES string of the molecule is COc1ccc(C(=O)Nc2cc(/C(=C/N)NN)ccc2[N+](=O)[O-])cc1. The molecule has 0 spiro atoms. The van der Waals surface area contributed by atoms with Gasteiger partial charge in [-0.1, -0.05) is 0 Å². The first kappa shape index (κ1) is 17.8. The molecule has 0 aromatic heterocycles. The normalized spacial score (nSPS) is 10.9. The molecule has 0 aliphatic heterocycles. The van der Waals surface area contributed by atoms with Crippen LogP contribution >= 0.6 is 0 Å². The first-order chi connectivity index (χ1) is 12.0. The van der Waals surface area contributed by atoms with E-state index in [-0.39, 0.29) is 11.4 Å². The number of amides is 1. The van der Waals surface area contributed by atoms with Gasteiger partial charge in [0.2, 0.25) is 0 Å². The van der Waals surface area contributed by atoms with E-state index < -0.39 is 10.8 Å². The molecule has 0 unspecified atom stereocenters. The van der Waals surface area contributed by atoms with Crippen LogP contribution in [0.2, 0.25) is 0 Å². The number of ether oxygens (including phenoxy) is 1. The van der Waals surface area contributed by atoms with Gasteiger partial charge in [-0.25, -0.2) is 0 Å². The zero-order valence-electron chi connectivity index (χ0n) is 13.4. The Morgan fingerprint density at radius 2 is 1.84 bits per heavy atom. The van der Waals surface area contributed by atoms with Crippen LogP contribution in [0.5, 0.6) is 5.75 Å². The van der Waals surface area contributed by atoms with Gasteiger partial charge < -0.3 is 21.2 Å². The first-order valence-corrected chi connectivity index (χ1v) is 7.13. The van der Waals surface area contributed by atoms with E-state index in [1.807, 2.05) is 0 Å². The number of hydrogen-bond acceptors (Lipinski definition) is 7. The van der Waals surface area contributed by atoms with Crippen LogP contribution in [0.3, 0.4) is 0 Å². The highest BCUT2D eigenvalue weighted by atomic mass is 16.6. The number of nitrogens with one attached hydrogen (secondary N) is 2. The minimum absolute atomic E-state index is 0.0259. The molecule has 1 amide bonds. The maximum absolute atomic E-state index is 12.4. The molecule has 0 radical (unpaired) electrons. The van der Waals surface area contributed by atoms with Crippen molar-refractivity contribution in [2.45, 2.75) is 0 Å². The van der Waals surface area contributed by atoms with Crippen LogP contribution < -0.4 is 27.1 Å². The number of nitrogens with zero attached hydrogens (tertiary/aromatic N) is 1. The van der Waals surface area contributed by atoms with Gasteiger partial charge in [-0.15, -0.1) is 0 Å². The molecule has 0 atom stereocenters. The standard InChI is InChI=1S/C16H17N5O4/c1-25-12-5-2-10(3-6-12)16(22)19-13-8-11(14(9-17)20-18)4-7-15(13)21(23)24/h2-9,20H,17-18H2,1H3,(H,19,22)/b14-9-. The van der Waals surface area contributed by atoms with Crippen LogP contribution in [0.15, 0.2) is 48.7 Å². The van der Waals surface area contributed by atoms with Gasteiger partial charge in [0.15, 0.2) is 0 Å². The van der Waals surface area contributed by atoms with E-state index in [2.05, 4.69) is 10.7 Å². The zero-order chi connectivity index (χ0) is 18.4. The highest BCUT2D eigenvalue weighted by Crippen LogP contribution is 2.28. The van der Waals surface area contributed by atoms with E-state index in [0.29, 0.717) is 22.6 Å². The average molecular weight is 343 g/mol. The lowest BCUT2D eigenvalue weighted by atomic mass is 10.1. The molecule has 2 aromatic rings. The minimum atomic E-state index is -0.588. The molecule has 0 saturated carbocycles. The average Bonchev–Trinajstić information content (AvgIpc) is 2.62. The van der Waals surface area contributed by atoms with Crippen LogP contribution in [0.4, 0.5) is 11.4 Å². The number of hydrazine groups is 1. The van der Waals surface area contributed by atoms with Gasteiger partial charge in [-0.3, -0.25) is 20.8 Å². The Morgan fingerprint density at radius 1 is 1.20 bits per heavy atom. The fraction of sp³-hybridized carbons (Fsp3) is 0.0625. The van der Waals surface area contributed by atoms with Gasteiger partial charge in [0, 0.05) is 23.4 Å². The van der Waals surface area contributed by atoms with Crippen LogP contribution in [-0.2, 0) is 0 Å². The molecule has 0 fully saturated rings. The van der Waals surface area contributed by atoms with Crippen LogP contribution in [0.25, 0.3) is 5.70 Å². The third-order valence-corrected chi connectivity index (χ3v) is 3.43. The summed E-state index contributed by atoms with van der Waals surface area (Å²) in [6.45, 7) is 0. The monoisotopic (exact) mass is 343 g/mol. The van der Waals surface area contributed by atoms with Crippen molar-refractivity contribution < 1.29 is 14.5 Å². The second-order valence-corrected chi connectivity index (χ2v) is 4.90. The van der Waals surface area contributed by atoms with E-state index in [0.717, 1.165) is 0 Å². The lowest BCUT2D eigenvalue weighted by Gasteiger charge is -2.10. The summed E-state index contributed by atoms with van der Waals surface area (Å²) in [5.41, 5.74) is 8.77. The number of benzene rings is 2. The van der Waals surface area contributed by atoms with Crippen molar-refractivity contribution in [2.24, 2.45) is 11.6 Å². The number of carbonyl (C=O) groups is 1. The molecule has 0 aliphatic rings. The maximum Gasteiger partial charge on any atom is 0.292 e. The molecule has 25 heavy (non-hydrogen) atoms. The van der Waals surface area contributed by atoms with Crippen molar-refractivity contribution >= 4 is 23.0 Å². The van der Waals surface area contributed by atoms with Crippen molar-refractivity contribution in [3.8, 4) is 5.75 Å². The summed E-state index contributed by atoms with van der Waals surface area (Å²) in [6.07, 6.45) is 1.22. The first-order valence-electron chi connectivity index (χ1n) is 7.13. The molecule has 6 N–H and O–H groups in total. The van der Waals surface area contributed by atoms with Gasteiger partial charge in [0.05, 0.1) is 17.7 Å². The van der Waals surface area contributed by atoms with Crippen molar-refractivity contribution in [1.82, 2.24) is 5.43 Å². The van der Waals surface area contributed by atoms with E-state index in [1.165, 1.54) is 31.5 Å². The number of nitrogens with two attached hydrogens (primary N) is 2. The summed E-state index contributed by atoms with van der Waals surface area (Å²) in [5.74, 6) is 5.45. The summed E-state index contributed by atoms with van der Waals surface area (Å²) in [6, 6.07) is 10.5. The van der Waals surface area contributed by atoms with Crippen molar-refractivity contribution in [2.75, 3.05) is 12.4 Å². The second-order valence-electron chi connectivity index (χ2n) is 4.90. The van der Waals surface area contributed by atoms with E-state index in [1.54, 1.807) is 24.3 Å². The second kappa shape index (κ2) is 7.79. The molecule has 0 heterocycles.